The van der Waals surface area contributed by atoms with E-state index >= 15 is 0 Å². The van der Waals surface area contributed by atoms with Crippen molar-refractivity contribution >= 4 is 11.7 Å². The number of aromatic nitrogens is 2. The molecule has 6 heteroatoms. The van der Waals surface area contributed by atoms with Gasteiger partial charge in [0.25, 0.3) is 5.91 Å². The van der Waals surface area contributed by atoms with Crippen LogP contribution in [0.1, 0.15) is 11.3 Å². The SMILES string of the molecule is O=C(COc1ccccc1)Nc1n[nH]c2c1CCNC2. The molecule has 2 heterocycles. The van der Waals surface area contributed by atoms with Crippen LogP contribution < -0.4 is 15.4 Å². The van der Waals surface area contributed by atoms with Crippen molar-refractivity contribution in [2.75, 3.05) is 18.5 Å². The monoisotopic (exact) mass is 272 g/mol. The summed E-state index contributed by atoms with van der Waals surface area (Å²) >= 11 is 0. The number of fused-ring (bicyclic) bond motifs is 1. The van der Waals surface area contributed by atoms with Crippen molar-refractivity contribution < 1.29 is 9.53 Å². The molecule has 6 nitrogen and oxygen atoms in total. The number of para-hydroxylation sites is 1. The van der Waals surface area contributed by atoms with Gasteiger partial charge in [-0.1, -0.05) is 18.2 Å². The third-order valence-corrected chi connectivity index (χ3v) is 3.18. The van der Waals surface area contributed by atoms with Crippen LogP contribution in [0.25, 0.3) is 0 Å². The molecule has 0 spiro atoms. The van der Waals surface area contributed by atoms with Gasteiger partial charge in [-0.25, -0.2) is 0 Å². The molecule has 0 atom stereocenters. The molecule has 3 N–H and O–H groups in total. The fourth-order valence-corrected chi connectivity index (χ4v) is 2.18. The number of amides is 1. The zero-order valence-electron chi connectivity index (χ0n) is 11.0. The predicted molar refractivity (Wildman–Crippen MR) is 74.6 cm³/mol. The van der Waals surface area contributed by atoms with E-state index in [4.69, 9.17) is 4.74 Å². The second kappa shape index (κ2) is 5.75. The highest BCUT2D eigenvalue weighted by Gasteiger charge is 2.18. The highest BCUT2D eigenvalue weighted by molar-refractivity contribution is 5.91. The van der Waals surface area contributed by atoms with Crippen LogP contribution in [-0.4, -0.2) is 29.3 Å². The molecule has 20 heavy (non-hydrogen) atoms. The van der Waals surface area contributed by atoms with E-state index in [1.807, 2.05) is 30.3 Å². The Labute approximate surface area is 116 Å². The fourth-order valence-electron chi connectivity index (χ4n) is 2.18. The number of nitrogens with one attached hydrogen (secondary N) is 3. The molecular formula is C14H16N4O2. The number of hydrogen-bond donors (Lipinski definition) is 3. The first-order valence-corrected chi connectivity index (χ1v) is 6.57. The standard InChI is InChI=1S/C14H16N4O2/c19-13(9-20-10-4-2-1-3-5-10)16-14-11-6-7-15-8-12(11)17-18-14/h1-5,15H,6-9H2,(H2,16,17,18,19). The highest BCUT2D eigenvalue weighted by atomic mass is 16.5. The number of anilines is 1. The molecule has 0 saturated carbocycles. The maximum atomic E-state index is 11.9. The summed E-state index contributed by atoms with van der Waals surface area (Å²) < 4.78 is 5.40. The van der Waals surface area contributed by atoms with Crippen molar-refractivity contribution in [2.45, 2.75) is 13.0 Å². The van der Waals surface area contributed by atoms with Crippen molar-refractivity contribution in [3.63, 3.8) is 0 Å². The number of carbonyl (C=O) groups is 1. The number of aromatic amines is 1. The molecule has 1 aromatic carbocycles. The molecular weight excluding hydrogens is 256 g/mol. The Kier molecular flexibility index (Phi) is 3.64. The van der Waals surface area contributed by atoms with Crippen LogP contribution in [0.2, 0.25) is 0 Å². The van der Waals surface area contributed by atoms with Gasteiger partial charge in [0.1, 0.15) is 5.75 Å². The summed E-state index contributed by atoms with van der Waals surface area (Å²) in [6.07, 6.45) is 0.862. The molecule has 1 amide bonds. The average molecular weight is 272 g/mol. The van der Waals surface area contributed by atoms with Gasteiger partial charge in [0.05, 0.1) is 5.69 Å². The molecule has 0 unspecified atom stereocenters. The molecule has 3 rings (SSSR count). The van der Waals surface area contributed by atoms with E-state index in [2.05, 4.69) is 20.8 Å². The lowest BCUT2D eigenvalue weighted by Crippen LogP contribution is -2.25. The number of ether oxygens (including phenoxy) is 1. The van der Waals surface area contributed by atoms with Crippen LogP contribution in [0.3, 0.4) is 0 Å². The summed E-state index contributed by atoms with van der Waals surface area (Å²) in [4.78, 5) is 11.9. The Morgan fingerprint density at radius 3 is 3.05 bits per heavy atom. The zero-order chi connectivity index (χ0) is 13.8. The Morgan fingerprint density at radius 1 is 1.35 bits per heavy atom. The smallest absolute Gasteiger partial charge is 0.263 e. The minimum Gasteiger partial charge on any atom is -0.484 e. The zero-order valence-corrected chi connectivity index (χ0v) is 11.0. The van der Waals surface area contributed by atoms with Gasteiger partial charge in [-0.3, -0.25) is 9.89 Å². The first-order chi connectivity index (χ1) is 9.83. The van der Waals surface area contributed by atoms with Gasteiger partial charge in [-0.15, -0.1) is 0 Å². The summed E-state index contributed by atoms with van der Waals surface area (Å²) in [7, 11) is 0. The average Bonchev–Trinajstić information content (AvgIpc) is 2.90. The lowest BCUT2D eigenvalue weighted by atomic mass is 10.1. The van der Waals surface area contributed by atoms with Gasteiger partial charge in [-0.05, 0) is 25.1 Å². The molecule has 0 bridgehead atoms. The van der Waals surface area contributed by atoms with Gasteiger partial charge < -0.3 is 15.4 Å². The lowest BCUT2D eigenvalue weighted by Gasteiger charge is -2.13. The van der Waals surface area contributed by atoms with Crippen molar-refractivity contribution in [1.82, 2.24) is 15.5 Å². The lowest BCUT2D eigenvalue weighted by molar-refractivity contribution is -0.118. The van der Waals surface area contributed by atoms with Crippen LogP contribution in [-0.2, 0) is 17.8 Å². The third-order valence-electron chi connectivity index (χ3n) is 3.18. The first-order valence-electron chi connectivity index (χ1n) is 6.57. The van der Waals surface area contributed by atoms with Crippen LogP contribution in [0, 0.1) is 0 Å². The first kappa shape index (κ1) is 12.7. The quantitative estimate of drug-likeness (QED) is 0.778. The van der Waals surface area contributed by atoms with E-state index < -0.39 is 0 Å². The Bertz CT molecular complexity index is 594. The molecule has 0 fully saturated rings. The normalized spacial score (nSPS) is 13.6. The molecule has 2 aromatic rings. The van der Waals surface area contributed by atoms with Gasteiger partial charge in [0.2, 0.25) is 0 Å². The molecule has 1 aliphatic rings. The maximum absolute atomic E-state index is 11.9. The van der Waals surface area contributed by atoms with E-state index in [1.54, 1.807) is 0 Å². The van der Waals surface area contributed by atoms with E-state index in [0.717, 1.165) is 30.8 Å². The Hall–Kier alpha value is -2.34. The third kappa shape index (κ3) is 2.80. The number of carbonyl (C=O) groups excluding carboxylic acids is 1. The number of rotatable bonds is 4. The number of hydrogen-bond acceptors (Lipinski definition) is 4. The van der Waals surface area contributed by atoms with Gasteiger partial charge in [-0.2, -0.15) is 5.10 Å². The summed E-state index contributed by atoms with van der Waals surface area (Å²) in [5.41, 5.74) is 2.12. The molecule has 1 aromatic heterocycles. The van der Waals surface area contributed by atoms with Crippen LogP contribution in [0.4, 0.5) is 5.82 Å². The second-order valence-electron chi connectivity index (χ2n) is 4.61. The van der Waals surface area contributed by atoms with Gasteiger partial charge in [0, 0.05) is 12.1 Å². The van der Waals surface area contributed by atoms with Gasteiger partial charge in [0.15, 0.2) is 12.4 Å². The van der Waals surface area contributed by atoms with Crippen LogP contribution in [0.15, 0.2) is 30.3 Å². The van der Waals surface area contributed by atoms with Crippen molar-refractivity contribution in [3.8, 4) is 5.75 Å². The molecule has 104 valence electrons. The highest BCUT2D eigenvalue weighted by Crippen LogP contribution is 2.19. The topological polar surface area (TPSA) is 79.0 Å². The summed E-state index contributed by atoms with van der Waals surface area (Å²) in [5.74, 6) is 1.08. The van der Waals surface area contributed by atoms with E-state index in [1.165, 1.54) is 0 Å². The molecule has 0 radical (unpaired) electrons. The van der Waals surface area contributed by atoms with E-state index in [-0.39, 0.29) is 12.5 Å². The summed E-state index contributed by atoms with van der Waals surface area (Å²) in [6, 6.07) is 9.26. The summed E-state index contributed by atoms with van der Waals surface area (Å²) in [5, 5.41) is 13.1. The fraction of sp³-hybridized carbons (Fsp3) is 0.286. The van der Waals surface area contributed by atoms with Gasteiger partial charge >= 0.3 is 0 Å². The predicted octanol–water partition coefficient (Wildman–Crippen LogP) is 1.07. The largest absolute Gasteiger partial charge is 0.484 e. The van der Waals surface area contributed by atoms with Crippen LogP contribution >= 0.6 is 0 Å². The maximum Gasteiger partial charge on any atom is 0.263 e. The Balaban J connectivity index is 1.58. The molecule has 0 saturated heterocycles. The molecule has 1 aliphatic heterocycles. The van der Waals surface area contributed by atoms with E-state index in [0.29, 0.717) is 11.6 Å². The number of benzene rings is 1. The Morgan fingerprint density at radius 2 is 2.20 bits per heavy atom. The molecule has 0 aliphatic carbocycles. The van der Waals surface area contributed by atoms with Crippen molar-refractivity contribution in [2.24, 2.45) is 0 Å². The minimum absolute atomic E-state index is 0.0239. The number of nitrogens with zero attached hydrogens (tertiary/aromatic N) is 1. The van der Waals surface area contributed by atoms with Crippen molar-refractivity contribution in [3.05, 3.63) is 41.6 Å². The van der Waals surface area contributed by atoms with E-state index in [9.17, 15) is 4.79 Å². The summed E-state index contributed by atoms with van der Waals surface area (Å²) in [6.45, 7) is 1.64. The van der Waals surface area contributed by atoms with Crippen molar-refractivity contribution in [1.29, 1.82) is 0 Å². The minimum atomic E-state index is -0.207. The van der Waals surface area contributed by atoms with Crippen LogP contribution in [0.5, 0.6) is 5.75 Å². The second-order valence-corrected chi connectivity index (χ2v) is 4.61. The number of H-pyrrole nitrogens is 1.